The van der Waals surface area contributed by atoms with Crippen molar-refractivity contribution in [2.75, 3.05) is 20.8 Å². The van der Waals surface area contributed by atoms with Crippen molar-refractivity contribution >= 4 is 6.03 Å². The molecule has 112 valence electrons. The summed E-state index contributed by atoms with van der Waals surface area (Å²) in [6, 6.07) is 5.66. The molecule has 0 aromatic heterocycles. The number of urea groups is 1. The third-order valence-electron chi connectivity index (χ3n) is 3.03. The van der Waals surface area contributed by atoms with Crippen LogP contribution in [0.2, 0.25) is 0 Å². The van der Waals surface area contributed by atoms with Gasteiger partial charge in [0.15, 0.2) is 0 Å². The molecule has 2 N–H and O–H groups in total. The molecule has 1 rings (SSSR count). The van der Waals surface area contributed by atoms with Gasteiger partial charge in [-0.1, -0.05) is 6.07 Å². The Hall–Kier alpha value is -1.75. The van der Waals surface area contributed by atoms with E-state index in [1.807, 2.05) is 39.0 Å². The largest absolute Gasteiger partial charge is 0.497 e. The van der Waals surface area contributed by atoms with Crippen LogP contribution in [0.1, 0.15) is 25.0 Å². The minimum Gasteiger partial charge on any atom is -0.497 e. The van der Waals surface area contributed by atoms with Gasteiger partial charge in [0, 0.05) is 20.2 Å². The summed E-state index contributed by atoms with van der Waals surface area (Å²) in [6.07, 6.45) is 0. The maximum Gasteiger partial charge on any atom is 0.315 e. The van der Waals surface area contributed by atoms with E-state index in [1.165, 1.54) is 0 Å². The maximum atomic E-state index is 11.7. The molecule has 5 heteroatoms. The number of carbonyl (C=O) groups excluding carboxylic acids is 1. The molecule has 0 saturated carbocycles. The van der Waals surface area contributed by atoms with Crippen LogP contribution in [0.15, 0.2) is 18.2 Å². The number of rotatable bonds is 6. The number of nitrogens with one attached hydrogen (secondary N) is 2. The highest BCUT2D eigenvalue weighted by molar-refractivity contribution is 5.73. The number of hydrogen-bond acceptors (Lipinski definition) is 3. The van der Waals surface area contributed by atoms with Crippen LogP contribution in [0.3, 0.4) is 0 Å². The predicted octanol–water partition coefficient (Wildman–Crippen LogP) is 2.23. The first-order valence-corrected chi connectivity index (χ1v) is 6.58. The number of aryl methyl sites for hydroxylation is 1. The monoisotopic (exact) mass is 280 g/mol. The fourth-order valence-corrected chi connectivity index (χ4v) is 1.65. The van der Waals surface area contributed by atoms with Crippen molar-refractivity contribution in [1.82, 2.24) is 10.6 Å². The second-order valence-electron chi connectivity index (χ2n) is 5.36. The first kappa shape index (κ1) is 16.3. The van der Waals surface area contributed by atoms with E-state index < -0.39 is 0 Å². The van der Waals surface area contributed by atoms with E-state index in [0.717, 1.165) is 16.9 Å². The average molecular weight is 280 g/mol. The van der Waals surface area contributed by atoms with E-state index in [2.05, 4.69) is 10.6 Å². The van der Waals surface area contributed by atoms with Gasteiger partial charge in [-0.25, -0.2) is 4.79 Å². The van der Waals surface area contributed by atoms with E-state index in [-0.39, 0.29) is 11.6 Å². The molecule has 0 fully saturated rings. The first-order chi connectivity index (χ1) is 9.36. The Balaban J connectivity index is 2.47. The molecule has 0 heterocycles. The lowest BCUT2D eigenvalue weighted by Gasteiger charge is -2.23. The van der Waals surface area contributed by atoms with E-state index in [4.69, 9.17) is 9.47 Å². The minimum atomic E-state index is -0.371. The summed E-state index contributed by atoms with van der Waals surface area (Å²) in [7, 11) is 3.25. The van der Waals surface area contributed by atoms with Crippen LogP contribution >= 0.6 is 0 Å². The van der Waals surface area contributed by atoms with Crippen LogP contribution in [0, 0.1) is 6.92 Å². The second kappa shape index (κ2) is 7.14. The maximum absolute atomic E-state index is 11.7. The number of carbonyl (C=O) groups is 1. The van der Waals surface area contributed by atoms with E-state index in [0.29, 0.717) is 13.1 Å². The van der Waals surface area contributed by atoms with Gasteiger partial charge < -0.3 is 20.1 Å². The molecule has 0 unspecified atom stereocenters. The highest BCUT2D eigenvalue weighted by Crippen LogP contribution is 2.16. The summed E-state index contributed by atoms with van der Waals surface area (Å²) in [5, 5.41) is 5.59. The third-order valence-corrected chi connectivity index (χ3v) is 3.03. The third kappa shape index (κ3) is 5.48. The van der Waals surface area contributed by atoms with Crippen molar-refractivity contribution in [3.05, 3.63) is 29.3 Å². The van der Waals surface area contributed by atoms with E-state index in [9.17, 15) is 4.79 Å². The van der Waals surface area contributed by atoms with Crippen molar-refractivity contribution in [1.29, 1.82) is 0 Å². The predicted molar refractivity (Wildman–Crippen MR) is 79.1 cm³/mol. The molecule has 0 aliphatic heterocycles. The summed E-state index contributed by atoms with van der Waals surface area (Å²) in [6.45, 7) is 6.73. The molecular formula is C15H24N2O3. The van der Waals surface area contributed by atoms with Crippen molar-refractivity contribution in [2.24, 2.45) is 0 Å². The number of ether oxygens (including phenoxy) is 2. The van der Waals surface area contributed by atoms with Gasteiger partial charge >= 0.3 is 6.03 Å². The van der Waals surface area contributed by atoms with E-state index >= 15 is 0 Å². The molecule has 20 heavy (non-hydrogen) atoms. The molecule has 1 aromatic rings. The summed E-state index contributed by atoms with van der Waals surface area (Å²) >= 11 is 0. The number of hydrogen-bond donors (Lipinski definition) is 2. The Morgan fingerprint density at radius 3 is 2.50 bits per heavy atom. The van der Waals surface area contributed by atoms with Crippen molar-refractivity contribution in [3.63, 3.8) is 0 Å². The van der Waals surface area contributed by atoms with Crippen LogP contribution in [-0.4, -0.2) is 32.4 Å². The zero-order valence-corrected chi connectivity index (χ0v) is 12.9. The Kier molecular flexibility index (Phi) is 5.82. The molecule has 0 radical (unpaired) electrons. The van der Waals surface area contributed by atoms with Crippen molar-refractivity contribution in [2.45, 2.75) is 32.9 Å². The van der Waals surface area contributed by atoms with Crippen molar-refractivity contribution < 1.29 is 14.3 Å². The number of amides is 2. The fourth-order valence-electron chi connectivity index (χ4n) is 1.65. The average Bonchev–Trinajstić information content (AvgIpc) is 2.42. The zero-order chi connectivity index (χ0) is 15.2. The zero-order valence-electron chi connectivity index (χ0n) is 12.9. The lowest BCUT2D eigenvalue weighted by atomic mass is 10.1. The lowest BCUT2D eigenvalue weighted by molar-refractivity contribution is 0.0254. The Labute approximate surface area is 120 Å². The molecule has 0 spiro atoms. The molecule has 0 saturated heterocycles. The molecule has 1 aromatic carbocycles. The normalized spacial score (nSPS) is 11.1. The topological polar surface area (TPSA) is 59.6 Å². The van der Waals surface area contributed by atoms with Gasteiger partial charge in [-0.3, -0.25) is 0 Å². The first-order valence-electron chi connectivity index (χ1n) is 6.58. The second-order valence-corrected chi connectivity index (χ2v) is 5.36. The highest BCUT2D eigenvalue weighted by Gasteiger charge is 2.17. The summed E-state index contributed by atoms with van der Waals surface area (Å²) in [5.41, 5.74) is 1.73. The van der Waals surface area contributed by atoms with Gasteiger partial charge in [0.1, 0.15) is 5.75 Å². The number of benzene rings is 1. The Bertz CT molecular complexity index is 458. The quantitative estimate of drug-likeness (QED) is 0.840. The van der Waals surface area contributed by atoms with Crippen LogP contribution in [0.4, 0.5) is 4.79 Å². The summed E-state index contributed by atoms with van der Waals surface area (Å²) < 4.78 is 10.4. The van der Waals surface area contributed by atoms with E-state index in [1.54, 1.807) is 14.2 Å². The van der Waals surface area contributed by atoms with Crippen LogP contribution in [-0.2, 0) is 11.3 Å². The molecule has 0 bridgehead atoms. The van der Waals surface area contributed by atoms with Crippen LogP contribution in [0.25, 0.3) is 0 Å². The van der Waals surface area contributed by atoms with Gasteiger partial charge in [-0.2, -0.15) is 0 Å². The van der Waals surface area contributed by atoms with Gasteiger partial charge in [0.2, 0.25) is 0 Å². The smallest absolute Gasteiger partial charge is 0.315 e. The molecule has 0 aliphatic rings. The summed E-state index contributed by atoms with van der Waals surface area (Å²) in [5.74, 6) is 0.794. The minimum absolute atomic E-state index is 0.212. The Morgan fingerprint density at radius 2 is 1.90 bits per heavy atom. The molecular weight excluding hydrogens is 256 g/mol. The highest BCUT2D eigenvalue weighted by atomic mass is 16.5. The molecule has 5 nitrogen and oxygen atoms in total. The molecule has 2 amide bonds. The lowest BCUT2D eigenvalue weighted by Crippen LogP contribution is -2.44. The van der Waals surface area contributed by atoms with Crippen LogP contribution in [0.5, 0.6) is 5.75 Å². The Morgan fingerprint density at radius 1 is 1.20 bits per heavy atom. The van der Waals surface area contributed by atoms with Crippen molar-refractivity contribution in [3.8, 4) is 5.75 Å². The molecule has 0 aliphatic carbocycles. The van der Waals surface area contributed by atoms with Gasteiger partial charge in [0.25, 0.3) is 0 Å². The number of methoxy groups -OCH3 is 2. The fraction of sp³-hybridized carbons (Fsp3) is 0.533. The van der Waals surface area contributed by atoms with Gasteiger partial charge in [-0.05, 0) is 44.0 Å². The standard InChI is InChI=1S/C15H24N2O3/c1-11-6-12(8-13(7-11)19-4)9-16-14(18)17-10-15(2,3)20-5/h6-8H,9-10H2,1-5H3,(H2,16,17,18). The van der Waals surface area contributed by atoms with Crippen LogP contribution < -0.4 is 15.4 Å². The summed E-state index contributed by atoms with van der Waals surface area (Å²) in [4.78, 5) is 11.7. The van der Waals surface area contributed by atoms with Gasteiger partial charge in [0.05, 0.1) is 12.7 Å². The van der Waals surface area contributed by atoms with Gasteiger partial charge in [-0.15, -0.1) is 0 Å². The molecule has 0 atom stereocenters. The SMILES string of the molecule is COc1cc(C)cc(CNC(=O)NCC(C)(C)OC)c1.